The number of nitrogens with one attached hydrogen (secondary N) is 2. The summed E-state index contributed by atoms with van der Waals surface area (Å²) in [7, 11) is 0. The molecule has 3 aromatic rings. The van der Waals surface area contributed by atoms with Crippen molar-refractivity contribution in [1.29, 1.82) is 0 Å². The van der Waals surface area contributed by atoms with E-state index >= 15 is 0 Å². The minimum Gasteiger partial charge on any atom is -0.341 e. The van der Waals surface area contributed by atoms with E-state index in [2.05, 4.69) is 44.3 Å². The molecule has 20 heavy (non-hydrogen) atoms. The second-order valence-electron chi connectivity index (χ2n) is 5.06. The van der Waals surface area contributed by atoms with E-state index in [-0.39, 0.29) is 0 Å². The molecule has 0 spiro atoms. The molecular formula is C16H16N4. The predicted octanol–water partition coefficient (Wildman–Crippen LogP) is 2.72. The van der Waals surface area contributed by atoms with E-state index in [1.54, 1.807) is 0 Å². The highest BCUT2D eigenvalue weighted by Crippen LogP contribution is 2.26. The number of aromatic nitrogens is 2. The lowest BCUT2D eigenvalue weighted by Crippen LogP contribution is -2.24. The summed E-state index contributed by atoms with van der Waals surface area (Å²) < 4.78 is 2.07. The molecular weight excluding hydrogens is 248 g/mol. The number of hydrogen-bond donors (Lipinski definition) is 2. The number of benzene rings is 1. The van der Waals surface area contributed by atoms with Gasteiger partial charge in [0.05, 0.1) is 0 Å². The van der Waals surface area contributed by atoms with Crippen molar-refractivity contribution in [3.8, 4) is 0 Å². The number of hydrogen-bond acceptors (Lipinski definition) is 3. The fraction of sp³-hybridized carbons (Fsp3) is 0.188. The summed E-state index contributed by atoms with van der Waals surface area (Å²) in [5.41, 5.74) is 4.97. The molecule has 1 aromatic carbocycles. The molecule has 0 saturated heterocycles. The Morgan fingerprint density at radius 2 is 2.10 bits per heavy atom. The van der Waals surface area contributed by atoms with Gasteiger partial charge >= 0.3 is 0 Å². The molecule has 2 aromatic heterocycles. The van der Waals surface area contributed by atoms with Crippen molar-refractivity contribution in [2.45, 2.75) is 13.0 Å². The molecule has 1 aliphatic heterocycles. The first-order valence-corrected chi connectivity index (χ1v) is 6.92. The average Bonchev–Trinajstić information content (AvgIpc) is 2.97. The van der Waals surface area contributed by atoms with Crippen LogP contribution in [0.2, 0.25) is 0 Å². The molecule has 100 valence electrons. The first-order valence-electron chi connectivity index (χ1n) is 6.92. The van der Waals surface area contributed by atoms with Crippen LogP contribution in [0, 0.1) is 0 Å². The monoisotopic (exact) mass is 264 g/mol. The Morgan fingerprint density at radius 3 is 3.10 bits per heavy atom. The Hall–Kier alpha value is -2.33. The van der Waals surface area contributed by atoms with E-state index < -0.39 is 0 Å². The van der Waals surface area contributed by atoms with Gasteiger partial charge < -0.3 is 10.6 Å². The summed E-state index contributed by atoms with van der Waals surface area (Å²) in [5.74, 6) is 1.05. The Kier molecular flexibility index (Phi) is 2.67. The van der Waals surface area contributed by atoms with Crippen molar-refractivity contribution in [3.05, 3.63) is 59.9 Å². The maximum Gasteiger partial charge on any atom is 0.138 e. The highest BCUT2D eigenvalue weighted by Gasteiger charge is 2.13. The first-order chi connectivity index (χ1) is 9.92. The summed E-state index contributed by atoms with van der Waals surface area (Å²) in [6.45, 7) is 2.00. The SMILES string of the molecule is c1cc2c(c(Nc3cccc4nccn34)c1)CCNC2. The van der Waals surface area contributed by atoms with Crippen LogP contribution in [0.25, 0.3) is 5.65 Å². The van der Waals surface area contributed by atoms with E-state index in [0.717, 1.165) is 31.0 Å². The predicted molar refractivity (Wildman–Crippen MR) is 80.3 cm³/mol. The molecule has 4 rings (SSSR count). The lowest BCUT2D eigenvalue weighted by atomic mass is 9.99. The van der Waals surface area contributed by atoms with Crippen LogP contribution in [0.3, 0.4) is 0 Å². The number of rotatable bonds is 2. The van der Waals surface area contributed by atoms with Crippen LogP contribution in [0.1, 0.15) is 11.1 Å². The molecule has 0 saturated carbocycles. The zero-order valence-corrected chi connectivity index (χ0v) is 11.1. The number of pyridine rings is 1. The van der Waals surface area contributed by atoms with Crippen LogP contribution in [0.15, 0.2) is 48.8 Å². The van der Waals surface area contributed by atoms with Gasteiger partial charge in [0.25, 0.3) is 0 Å². The van der Waals surface area contributed by atoms with Gasteiger partial charge in [-0.1, -0.05) is 18.2 Å². The maximum absolute atomic E-state index is 4.32. The first kappa shape index (κ1) is 11.5. The quantitative estimate of drug-likeness (QED) is 0.748. The number of fused-ring (bicyclic) bond motifs is 2. The van der Waals surface area contributed by atoms with Crippen molar-refractivity contribution < 1.29 is 0 Å². The topological polar surface area (TPSA) is 41.4 Å². The van der Waals surface area contributed by atoms with Gasteiger partial charge in [-0.3, -0.25) is 4.40 Å². The maximum atomic E-state index is 4.32. The van der Waals surface area contributed by atoms with Crippen molar-refractivity contribution in [2.24, 2.45) is 0 Å². The Labute approximate surface area is 117 Å². The largest absolute Gasteiger partial charge is 0.341 e. The van der Waals surface area contributed by atoms with Crippen LogP contribution in [0.5, 0.6) is 0 Å². The standard InChI is InChI=1S/C16H16N4/c1-3-12-11-17-8-7-13(12)14(4-1)19-16-6-2-5-15-18-9-10-20(15)16/h1-6,9-10,17,19H,7-8,11H2. The third-order valence-corrected chi connectivity index (χ3v) is 3.83. The molecule has 0 aliphatic carbocycles. The van der Waals surface area contributed by atoms with Crippen molar-refractivity contribution in [2.75, 3.05) is 11.9 Å². The van der Waals surface area contributed by atoms with Crippen LogP contribution in [-0.4, -0.2) is 15.9 Å². The van der Waals surface area contributed by atoms with E-state index in [9.17, 15) is 0 Å². The minimum absolute atomic E-state index is 0.958. The van der Waals surface area contributed by atoms with Crippen molar-refractivity contribution >= 4 is 17.2 Å². The van der Waals surface area contributed by atoms with Gasteiger partial charge in [-0.25, -0.2) is 4.98 Å². The van der Waals surface area contributed by atoms with Crippen LogP contribution in [-0.2, 0) is 13.0 Å². The van der Waals surface area contributed by atoms with Gasteiger partial charge in [0.15, 0.2) is 0 Å². The Morgan fingerprint density at radius 1 is 1.15 bits per heavy atom. The molecule has 0 atom stereocenters. The van der Waals surface area contributed by atoms with Gasteiger partial charge in [-0.2, -0.15) is 0 Å². The van der Waals surface area contributed by atoms with E-state index in [1.165, 1.54) is 16.8 Å². The van der Waals surface area contributed by atoms with Crippen LogP contribution >= 0.6 is 0 Å². The molecule has 0 unspecified atom stereocenters. The second kappa shape index (κ2) is 4.65. The van der Waals surface area contributed by atoms with Gasteiger partial charge in [0.1, 0.15) is 11.5 Å². The van der Waals surface area contributed by atoms with Crippen LogP contribution in [0.4, 0.5) is 11.5 Å². The van der Waals surface area contributed by atoms with Gasteiger partial charge in [-0.15, -0.1) is 0 Å². The summed E-state index contributed by atoms with van der Waals surface area (Å²) in [5, 5.41) is 6.97. The lowest BCUT2D eigenvalue weighted by molar-refractivity contribution is 0.645. The summed E-state index contributed by atoms with van der Waals surface area (Å²) in [6.07, 6.45) is 4.87. The zero-order valence-electron chi connectivity index (χ0n) is 11.1. The molecule has 0 bridgehead atoms. The fourth-order valence-corrected chi connectivity index (χ4v) is 2.84. The van der Waals surface area contributed by atoms with E-state index in [1.807, 2.05) is 24.5 Å². The third-order valence-electron chi connectivity index (χ3n) is 3.83. The molecule has 4 heteroatoms. The summed E-state index contributed by atoms with van der Waals surface area (Å²) in [4.78, 5) is 4.32. The molecule has 0 radical (unpaired) electrons. The smallest absolute Gasteiger partial charge is 0.138 e. The Balaban J connectivity index is 1.78. The molecule has 3 heterocycles. The fourth-order valence-electron chi connectivity index (χ4n) is 2.84. The second-order valence-corrected chi connectivity index (χ2v) is 5.06. The van der Waals surface area contributed by atoms with Crippen molar-refractivity contribution in [1.82, 2.24) is 14.7 Å². The molecule has 0 fully saturated rings. The molecule has 2 N–H and O–H groups in total. The van der Waals surface area contributed by atoms with Gasteiger partial charge in [-0.05, 0) is 42.3 Å². The van der Waals surface area contributed by atoms with Crippen LogP contribution < -0.4 is 10.6 Å². The highest BCUT2D eigenvalue weighted by molar-refractivity contribution is 5.65. The molecule has 1 aliphatic rings. The third kappa shape index (κ3) is 1.85. The van der Waals surface area contributed by atoms with E-state index in [0.29, 0.717) is 0 Å². The number of imidazole rings is 1. The zero-order chi connectivity index (χ0) is 13.4. The number of anilines is 2. The highest BCUT2D eigenvalue weighted by atomic mass is 15.1. The number of nitrogens with zero attached hydrogens (tertiary/aromatic N) is 2. The molecule has 4 nitrogen and oxygen atoms in total. The lowest BCUT2D eigenvalue weighted by Gasteiger charge is -2.21. The van der Waals surface area contributed by atoms with Gasteiger partial charge in [0.2, 0.25) is 0 Å². The normalized spacial score (nSPS) is 14.2. The van der Waals surface area contributed by atoms with Crippen molar-refractivity contribution in [3.63, 3.8) is 0 Å². The minimum atomic E-state index is 0.958. The average molecular weight is 264 g/mol. The molecule has 0 amide bonds. The van der Waals surface area contributed by atoms with Gasteiger partial charge in [0, 0.05) is 24.6 Å². The summed E-state index contributed by atoms with van der Waals surface area (Å²) >= 11 is 0. The summed E-state index contributed by atoms with van der Waals surface area (Å²) in [6, 6.07) is 12.6. The van der Waals surface area contributed by atoms with E-state index in [4.69, 9.17) is 0 Å². The Bertz CT molecular complexity index is 760.